The highest BCUT2D eigenvalue weighted by molar-refractivity contribution is 5.83. The third-order valence-corrected chi connectivity index (χ3v) is 3.11. The van der Waals surface area contributed by atoms with Crippen LogP contribution in [0, 0.1) is 0 Å². The van der Waals surface area contributed by atoms with Crippen LogP contribution in [-0.4, -0.2) is 12.0 Å². The lowest BCUT2D eigenvalue weighted by atomic mass is 10.1. The van der Waals surface area contributed by atoms with Crippen molar-refractivity contribution in [2.24, 2.45) is 0 Å². The van der Waals surface area contributed by atoms with Crippen LogP contribution in [0.1, 0.15) is 5.56 Å². The van der Waals surface area contributed by atoms with Crippen molar-refractivity contribution in [2.75, 3.05) is 7.05 Å². The van der Waals surface area contributed by atoms with E-state index in [0.717, 1.165) is 23.6 Å². The SMILES string of the molecule is CNCc1cncc(Oc2ccc3ccccc3c2)c1. The van der Waals surface area contributed by atoms with E-state index in [0.29, 0.717) is 0 Å². The van der Waals surface area contributed by atoms with Gasteiger partial charge in [0.1, 0.15) is 11.5 Å². The smallest absolute Gasteiger partial charge is 0.146 e. The minimum absolute atomic E-state index is 0.757. The number of rotatable bonds is 4. The molecule has 2 aromatic carbocycles. The molecule has 0 fully saturated rings. The maximum absolute atomic E-state index is 5.88. The zero-order valence-corrected chi connectivity index (χ0v) is 11.3. The first-order chi connectivity index (χ1) is 9.85. The van der Waals surface area contributed by atoms with Gasteiger partial charge in [0.25, 0.3) is 0 Å². The summed E-state index contributed by atoms with van der Waals surface area (Å²) in [6, 6.07) is 16.3. The Morgan fingerprint density at radius 1 is 0.950 bits per heavy atom. The summed E-state index contributed by atoms with van der Waals surface area (Å²) in [7, 11) is 1.91. The Bertz CT molecular complexity index is 725. The van der Waals surface area contributed by atoms with Crippen LogP contribution in [-0.2, 0) is 6.54 Å². The summed E-state index contributed by atoms with van der Waals surface area (Å²) in [5, 5.41) is 5.48. The van der Waals surface area contributed by atoms with Gasteiger partial charge in [0, 0.05) is 12.7 Å². The van der Waals surface area contributed by atoms with Gasteiger partial charge in [-0.1, -0.05) is 30.3 Å². The summed E-state index contributed by atoms with van der Waals surface area (Å²) in [5.41, 5.74) is 1.10. The molecule has 0 atom stereocenters. The van der Waals surface area contributed by atoms with E-state index in [1.807, 2.05) is 43.6 Å². The molecular weight excluding hydrogens is 248 g/mol. The maximum atomic E-state index is 5.88. The lowest BCUT2D eigenvalue weighted by Gasteiger charge is -2.08. The average Bonchev–Trinajstić information content (AvgIpc) is 2.48. The van der Waals surface area contributed by atoms with Gasteiger partial charge in [-0.05, 0) is 41.6 Å². The van der Waals surface area contributed by atoms with Crippen LogP contribution < -0.4 is 10.1 Å². The van der Waals surface area contributed by atoms with Crippen LogP contribution in [0.3, 0.4) is 0 Å². The highest BCUT2D eigenvalue weighted by Gasteiger charge is 2.01. The summed E-state index contributed by atoms with van der Waals surface area (Å²) in [6.45, 7) is 0.780. The Kier molecular flexibility index (Phi) is 3.61. The van der Waals surface area contributed by atoms with Crippen molar-refractivity contribution >= 4 is 10.8 Å². The van der Waals surface area contributed by atoms with Gasteiger partial charge in [-0.25, -0.2) is 0 Å². The van der Waals surface area contributed by atoms with E-state index in [2.05, 4.69) is 28.5 Å². The van der Waals surface area contributed by atoms with E-state index in [9.17, 15) is 0 Å². The molecule has 3 rings (SSSR count). The van der Waals surface area contributed by atoms with Crippen molar-refractivity contribution in [2.45, 2.75) is 6.54 Å². The third-order valence-electron chi connectivity index (χ3n) is 3.11. The lowest BCUT2D eigenvalue weighted by molar-refractivity contribution is 0.480. The van der Waals surface area contributed by atoms with Gasteiger partial charge in [0.05, 0.1) is 6.20 Å². The largest absolute Gasteiger partial charge is 0.456 e. The van der Waals surface area contributed by atoms with E-state index < -0.39 is 0 Å². The van der Waals surface area contributed by atoms with Gasteiger partial charge in [-0.15, -0.1) is 0 Å². The number of nitrogens with zero attached hydrogens (tertiary/aromatic N) is 1. The Labute approximate surface area is 118 Å². The molecule has 0 radical (unpaired) electrons. The van der Waals surface area contributed by atoms with Crippen LogP contribution in [0.2, 0.25) is 0 Å². The molecule has 100 valence electrons. The number of benzene rings is 2. The predicted octanol–water partition coefficient (Wildman–Crippen LogP) is 3.75. The van der Waals surface area contributed by atoms with E-state index in [4.69, 9.17) is 4.74 Å². The van der Waals surface area contributed by atoms with Crippen LogP contribution >= 0.6 is 0 Å². The second-order valence-corrected chi connectivity index (χ2v) is 4.67. The van der Waals surface area contributed by atoms with Crippen molar-refractivity contribution in [1.29, 1.82) is 0 Å². The molecule has 0 unspecified atom stereocenters. The Morgan fingerprint density at radius 2 is 1.80 bits per heavy atom. The van der Waals surface area contributed by atoms with Crippen molar-refractivity contribution in [3.8, 4) is 11.5 Å². The van der Waals surface area contributed by atoms with E-state index >= 15 is 0 Å². The van der Waals surface area contributed by atoms with Gasteiger partial charge in [0.2, 0.25) is 0 Å². The van der Waals surface area contributed by atoms with Crippen LogP contribution in [0.5, 0.6) is 11.5 Å². The predicted molar refractivity (Wildman–Crippen MR) is 81.0 cm³/mol. The fraction of sp³-hybridized carbons (Fsp3) is 0.118. The number of pyridine rings is 1. The molecule has 1 aromatic heterocycles. The number of ether oxygens (including phenoxy) is 1. The van der Waals surface area contributed by atoms with Crippen LogP contribution in [0.4, 0.5) is 0 Å². The number of fused-ring (bicyclic) bond motifs is 1. The van der Waals surface area contributed by atoms with Gasteiger partial charge in [-0.3, -0.25) is 4.98 Å². The molecule has 1 heterocycles. The monoisotopic (exact) mass is 264 g/mol. The highest BCUT2D eigenvalue weighted by atomic mass is 16.5. The molecule has 0 amide bonds. The molecule has 0 aliphatic rings. The standard InChI is InChI=1S/C17H16N2O/c1-18-10-13-8-17(12-19-11-13)20-16-7-6-14-4-2-3-5-15(14)9-16/h2-9,11-12,18H,10H2,1H3. The maximum Gasteiger partial charge on any atom is 0.146 e. The molecular formula is C17H16N2O. The molecule has 0 saturated heterocycles. The quantitative estimate of drug-likeness (QED) is 0.779. The van der Waals surface area contributed by atoms with Crippen LogP contribution in [0.15, 0.2) is 60.9 Å². The van der Waals surface area contributed by atoms with Crippen molar-refractivity contribution in [3.05, 3.63) is 66.5 Å². The Morgan fingerprint density at radius 3 is 2.65 bits per heavy atom. The second kappa shape index (κ2) is 5.72. The van der Waals surface area contributed by atoms with E-state index in [1.165, 1.54) is 10.8 Å². The summed E-state index contributed by atoms with van der Waals surface area (Å²) >= 11 is 0. The number of aromatic nitrogens is 1. The lowest BCUT2D eigenvalue weighted by Crippen LogP contribution is -2.05. The minimum atomic E-state index is 0.757. The number of nitrogens with one attached hydrogen (secondary N) is 1. The fourth-order valence-electron chi connectivity index (χ4n) is 2.19. The minimum Gasteiger partial charge on any atom is -0.456 e. The molecule has 3 nitrogen and oxygen atoms in total. The van der Waals surface area contributed by atoms with Gasteiger partial charge >= 0.3 is 0 Å². The van der Waals surface area contributed by atoms with Crippen molar-refractivity contribution in [3.63, 3.8) is 0 Å². The van der Waals surface area contributed by atoms with E-state index in [1.54, 1.807) is 6.20 Å². The Hall–Kier alpha value is -2.39. The first-order valence-electron chi connectivity index (χ1n) is 6.60. The average molecular weight is 264 g/mol. The van der Waals surface area contributed by atoms with Crippen molar-refractivity contribution < 1.29 is 4.74 Å². The second-order valence-electron chi connectivity index (χ2n) is 4.67. The van der Waals surface area contributed by atoms with Gasteiger partial charge in [0.15, 0.2) is 0 Å². The zero-order valence-electron chi connectivity index (χ0n) is 11.3. The topological polar surface area (TPSA) is 34.2 Å². The number of hydrogen-bond donors (Lipinski definition) is 1. The summed E-state index contributed by atoms with van der Waals surface area (Å²) in [5.74, 6) is 1.58. The first-order valence-corrected chi connectivity index (χ1v) is 6.60. The van der Waals surface area contributed by atoms with Gasteiger partial charge < -0.3 is 10.1 Å². The van der Waals surface area contributed by atoms with Crippen LogP contribution in [0.25, 0.3) is 10.8 Å². The molecule has 3 heteroatoms. The molecule has 0 bridgehead atoms. The third kappa shape index (κ3) is 2.78. The molecule has 0 spiro atoms. The fourth-order valence-corrected chi connectivity index (χ4v) is 2.19. The van der Waals surface area contributed by atoms with Crippen molar-refractivity contribution in [1.82, 2.24) is 10.3 Å². The summed E-state index contributed by atoms with van der Waals surface area (Å²) < 4.78 is 5.88. The molecule has 0 aliphatic carbocycles. The molecule has 20 heavy (non-hydrogen) atoms. The summed E-state index contributed by atoms with van der Waals surface area (Å²) in [4.78, 5) is 4.20. The first kappa shape index (κ1) is 12.6. The molecule has 0 saturated carbocycles. The highest BCUT2D eigenvalue weighted by Crippen LogP contribution is 2.25. The number of hydrogen-bond acceptors (Lipinski definition) is 3. The molecule has 3 aromatic rings. The van der Waals surface area contributed by atoms with Gasteiger partial charge in [-0.2, -0.15) is 0 Å². The van der Waals surface area contributed by atoms with E-state index in [-0.39, 0.29) is 0 Å². The zero-order chi connectivity index (χ0) is 13.8. The normalized spacial score (nSPS) is 10.7. The molecule has 0 aliphatic heterocycles. The Balaban J connectivity index is 1.87. The summed E-state index contributed by atoms with van der Waals surface area (Å²) in [6.07, 6.45) is 3.57. The molecule has 1 N–H and O–H groups in total.